The van der Waals surface area contributed by atoms with Crippen molar-refractivity contribution in [1.82, 2.24) is 9.71 Å². The number of sulfonamides is 1. The molecule has 0 spiro atoms. The fourth-order valence-corrected chi connectivity index (χ4v) is 3.30. The van der Waals surface area contributed by atoms with E-state index in [1.807, 2.05) is 0 Å². The van der Waals surface area contributed by atoms with Crippen LogP contribution in [-0.4, -0.2) is 13.4 Å². The second-order valence-electron chi connectivity index (χ2n) is 4.81. The number of hydrogen-bond acceptors (Lipinski definition) is 4. The predicted octanol–water partition coefficient (Wildman–Crippen LogP) is 3.58. The van der Waals surface area contributed by atoms with E-state index in [2.05, 4.69) is 25.6 Å². The van der Waals surface area contributed by atoms with E-state index in [0.717, 1.165) is 10.0 Å². The molecule has 0 atom stereocenters. The van der Waals surface area contributed by atoms with Crippen LogP contribution in [0.4, 0.5) is 0 Å². The van der Waals surface area contributed by atoms with Crippen molar-refractivity contribution in [2.75, 3.05) is 0 Å². The molecule has 7 heteroatoms. The third-order valence-electron chi connectivity index (χ3n) is 3.19. The van der Waals surface area contributed by atoms with Crippen LogP contribution in [0.25, 0.3) is 11.5 Å². The molecule has 3 aromatic rings. The molecule has 0 aliphatic heterocycles. The molecule has 0 aliphatic carbocycles. The molecular weight excluding hydrogens is 380 g/mol. The quantitative estimate of drug-likeness (QED) is 0.719. The molecule has 0 unspecified atom stereocenters. The summed E-state index contributed by atoms with van der Waals surface area (Å²) >= 11 is 3.28. The summed E-state index contributed by atoms with van der Waals surface area (Å²) in [6, 6.07) is 13.6. The van der Waals surface area contributed by atoms with Crippen LogP contribution in [0.2, 0.25) is 0 Å². The maximum atomic E-state index is 12.3. The Morgan fingerprint density at radius 3 is 2.61 bits per heavy atom. The van der Waals surface area contributed by atoms with Crippen molar-refractivity contribution < 1.29 is 12.8 Å². The highest BCUT2D eigenvalue weighted by molar-refractivity contribution is 9.10. The fraction of sp³-hybridized carbons (Fsp3) is 0.0625. The molecule has 0 bridgehead atoms. The molecule has 0 saturated carbocycles. The number of furan rings is 1. The van der Waals surface area contributed by atoms with E-state index in [9.17, 15) is 8.42 Å². The van der Waals surface area contributed by atoms with Gasteiger partial charge in [0.1, 0.15) is 5.69 Å². The van der Waals surface area contributed by atoms with E-state index in [-0.39, 0.29) is 11.4 Å². The van der Waals surface area contributed by atoms with Gasteiger partial charge in [0.2, 0.25) is 10.0 Å². The third kappa shape index (κ3) is 3.87. The number of pyridine rings is 1. The van der Waals surface area contributed by atoms with Gasteiger partial charge in [-0.15, -0.1) is 0 Å². The Hall–Kier alpha value is -1.96. The summed E-state index contributed by atoms with van der Waals surface area (Å²) in [5.41, 5.74) is 1.46. The maximum absolute atomic E-state index is 12.3. The molecule has 0 saturated heterocycles. The van der Waals surface area contributed by atoms with Gasteiger partial charge >= 0.3 is 0 Å². The number of aromatic nitrogens is 1. The molecule has 1 N–H and O–H groups in total. The average Bonchev–Trinajstić information content (AvgIpc) is 3.08. The van der Waals surface area contributed by atoms with Crippen molar-refractivity contribution in [1.29, 1.82) is 0 Å². The zero-order chi connectivity index (χ0) is 16.3. The standard InChI is InChI=1S/C16H13BrN2O3S/c17-13-3-5-14(6-4-13)23(20,21)19-11-12-7-8-18-15(10-12)16-2-1-9-22-16/h1-10,19H,11H2. The minimum absolute atomic E-state index is 0.175. The maximum Gasteiger partial charge on any atom is 0.240 e. The second kappa shape index (κ2) is 6.66. The van der Waals surface area contributed by atoms with Crippen LogP contribution in [0.5, 0.6) is 0 Å². The van der Waals surface area contributed by atoms with Gasteiger partial charge in [0.25, 0.3) is 0 Å². The Kier molecular flexibility index (Phi) is 4.61. The second-order valence-corrected chi connectivity index (χ2v) is 7.49. The number of rotatable bonds is 5. The van der Waals surface area contributed by atoms with Crippen molar-refractivity contribution in [3.05, 3.63) is 71.0 Å². The lowest BCUT2D eigenvalue weighted by atomic mass is 10.2. The highest BCUT2D eigenvalue weighted by atomic mass is 79.9. The monoisotopic (exact) mass is 392 g/mol. The van der Waals surface area contributed by atoms with Gasteiger partial charge in [-0.2, -0.15) is 0 Å². The first-order chi connectivity index (χ1) is 11.0. The minimum Gasteiger partial charge on any atom is -0.463 e. The molecule has 0 fully saturated rings. The number of halogens is 1. The molecule has 3 rings (SSSR count). The molecule has 5 nitrogen and oxygen atoms in total. The van der Waals surface area contributed by atoms with Crippen LogP contribution >= 0.6 is 15.9 Å². The van der Waals surface area contributed by atoms with E-state index < -0.39 is 10.0 Å². The van der Waals surface area contributed by atoms with Crippen LogP contribution < -0.4 is 4.72 Å². The van der Waals surface area contributed by atoms with E-state index in [4.69, 9.17) is 4.42 Å². The Labute approximate surface area is 142 Å². The highest BCUT2D eigenvalue weighted by Gasteiger charge is 2.13. The Morgan fingerprint density at radius 2 is 1.91 bits per heavy atom. The number of benzene rings is 1. The van der Waals surface area contributed by atoms with Gasteiger partial charge in [-0.25, -0.2) is 13.1 Å². The lowest BCUT2D eigenvalue weighted by Crippen LogP contribution is -2.23. The van der Waals surface area contributed by atoms with Gasteiger partial charge < -0.3 is 4.42 Å². The largest absolute Gasteiger partial charge is 0.463 e. The SMILES string of the molecule is O=S(=O)(NCc1ccnc(-c2ccco2)c1)c1ccc(Br)cc1. The molecule has 2 aromatic heterocycles. The first-order valence-electron chi connectivity index (χ1n) is 6.79. The molecule has 1 aromatic carbocycles. The topological polar surface area (TPSA) is 72.2 Å². The Morgan fingerprint density at radius 1 is 1.13 bits per heavy atom. The molecule has 0 radical (unpaired) electrons. The van der Waals surface area contributed by atoms with Gasteiger partial charge in [-0.05, 0) is 54.1 Å². The van der Waals surface area contributed by atoms with Crippen molar-refractivity contribution in [2.24, 2.45) is 0 Å². The molecule has 118 valence electrons. The average molecular weight is 393 g/mol. The van der Waals surface area contributed by atoms with Crippen molar-refractivity contribution in [3.63, 3.8) is 0 Å². The summed E-state index contributed by atoms with van der Waals surface area (Å²) in [4.78, 5) is 4.44. The summed E-state index contributed by atoms with van der Waals surface area (Å²) in [5, 5.41) is 0. The fourth-order valence-electron chi connectivity index (χ4n) is 2.02. The molecule has 23 heavy (non-hydrogen) atoms. The minimum atomic E-state index is -3.56. The van der Waals surface area contributed by atoms with Crippen molar-refractivity contribution in [2.45, 2.75) is 11.4 Å². The first kappa shape index (κ1) is 15.9. The summed E-state index contributed by atoms with van der Waals surface area (Å²) < 4.78 is 33.2. The van der Waals surface area contributed by atoms with Gasteiger partial charge in [-0.1, -0.05) is 15.9 Å². The Balaban J connectivity index is 1.75. The summed E-state index contributed by atoms with van der Waals surface area (Å²) in [6.07, 6.45) is 3.20. The summed E-state index contributed by atoms with van der Waals surface area (Å²) in [6.45, 7) is 0.175. The van der Waals surface area contributed by atoms with Crippen LogP contribution in [-0.2, 0) is 16.6 Å². The molecular formula is C16H13BrN2O3S. The number of nitrogens with one attached hydrogen (secondary N) is 1. The zero-order valence-electron chi connectivity index (χ0n) is 11.9. The van der Waals surface area contributed by atoms with Crippen LogP contribution in [0.15, 0.2) is 74.8 Å². The lowest BCUT2D eigenvalue weighted by molar-refractivity contribution is 0.579. The van der Waals surface area contributed by atoms with Crippen LogP contribution in [0.1, 0.15) is 5.56 Å². The normalized spacial score (nSPS) is 11.5. The third-order valence-corrected chi connectivity index (χ3v) is 5.13. The smallest absolute Gasteiger partial charge is 0.240 e. The van der Waals surface area contributed by atoms with E-state index >= 15 is 0 Å². The van der Waals surface area contributed by atoms with E-state index in [0.29, 0.717) is 11.5 Å². The first-order valence-corrected chi connectivity index (χ1v) is 9.06. The molecule has 2 heterocycles. The lowest BCUT2D eigenvalue weighted by Gasteiger charge is -2.07. The van der Waals surface area contributed by atoms with Crippen LogP contribution in [0, 0.1) is 0 Å². The van der Waals surface area contributed by atoms with Gasteiger partial charge in [0.15, 0.2) is 5.76 Å². The number of hydrogen-bond donors (Lipinski definition) is 1. The molecule has 0 aliphatic rings. The van der Waals surface area contributed by atoms with Gasteiger partial charge in [0, 0.05) is 17.2 Å². The van der Waals surface area contributed by atoms with Gasteiger partial charge in [0.05, 0.1) is 11.2 Å². The van der Waals surface area contributed by atoms with Crippen LogP contribution in [0.3, 0.4) is 0 Å². The number of nitrogens with zero attached hydrogens (tertiary/aromatic N) is 1. The summed E-state index contributed by atoms with van der Waals surface area (Å²) in [5.74, 6) is 0.641. The Bertz CT molecular complexity index is 891. The predicted molar refractivity (Wildman–Crippen MR) is 90.1 cm³/mol. The zero-order valence-corrected chi connectivity index (χ0v) is 14.3. The summed E-state index contributed by atoms with van der Waals surface area (Å²) in [7, 11) is -3.56. The van der Waals surface area contributed by atoms with E-state index in [1.165, 1.54) is 0 Å². The van der Waals surface area contributed by atoms with Gasteiger partial charge in [-0.3, -0.25) is 4.98 Å². The van der Waals surface area contributed by atoms with E-state index in [1.54, 1.807) is 61.0 Å². The molecule has 0 amide bonds. The van der Waals surface area contributed by atoms with Crippen molar-refractivity contribution in [3.8, 4) is 11.5 Å². The van der Waals surface area contributed by atoms with Crippen molar-refractivity contribution >= 4 is 26.0 Å². The highest BCUT2D eigenvalue weighted by Crippen LogP contribution is 2.19.